The van der Waals surface area contributed by atoms with Crippen LogP contribution in [0.2, 0.25) is 0 Å². The molecule has 2 unspecified atom stereocenters. The van der Waals surface area contributed by atoms with Crippen LogP contribution in [0.5, 0.6) is 0 Å². The molecule has 2 N–H and O–H groups in total. The Bertz CT molecular complexity index is 1090. The second kappa shape index (κ2) is 10.1. The minimum atomic E-state index is -1.02. The number of aliphatic imine (C=N–C) groups is 1. The Labute approximate surface area is 210 Å². The first-order chi connectivity index (χ1) is 16.6. The second-order valence-corrected chi connectivity index (χ2v) is 10.5. The third-order valence-corrected chi connectivity index (χ3v) is 6.92. The summed E-state index contributed by atoms with van der Waals surface area (Å²) in [7, 11) is 0. The molecule has 0 saturated carbocycles. The molecule has 1 aromatic rings. The standard InChI is InChI=1S/C25H32ClN5O4/c1-16-6-5-7-18(14-16)19(30(24(33)34)25(2,3)4)8-11-29-22(32)20-15-27-21(31(20)28-23(29)26)17-9-12-35-13-10-17/h5-7,14-15,17,19H,8-13H2,1-4H3,(H,33,34)/p+1. The zero-order valence-electron chi connectivity index (χ0n) is 20.6. The summed E-state index contributed by atoms with van der Waals surface area (Å²) in [4.78, 5) is 33.1. The van der Waals surface area contributed by atoms with Crippen molar-refractivity contribution in [2.75, 3.05) is 19.8 Å². The van der Waals surface area contributed by atoms with Crippen LogP contribution in [0.4, 0.5) is 4.79 Å². The lowest BCUT2D eigenvalue weighted by molar-refractivity contribution is -0.767. The van der Waals surface area contributed by atoms with Crippen LogP contribution in [0.1, 0.15) is 57.2 Å². The summed E-state index contributed by atoms with van der Waals surface area (Å²) in [6, 6.07) is 7.33. The van der Waals surface area contributed by atoms with E-state index in [4.69, 9.17) is 16.3 Å². The molecule has 0 aromatic heterocycles. The summed E-state index contributed by atoms with van der Waals surface area (Å²) < 4.78 is 5.45. The van der Waals surface area contributed by atoms with Crippen LogP contribution in [0.25, 0.3) is 0 Å². The molecule has 2 amide bonds. The monoisotopic (exact) mass is 502 g/mol. The fourth-order valence-electron chi connectivity index (χ4n) is 4.98. The van der Waals surface area contributed by atoms with Gasteiger partial charge in [-0.3, -0.25) is 14.6 Å². The van der Waals surface area contributed by atoms with Gasteiger partial charge in [0.2, 0.25) is 11.5 Å². The van der Waals surface area contributed by atoms with Gasteiger partial charge in [-0.15, -0.1) is 5.01 Å². The molecule has 9 nitrogen and oxygen atoms in total. The van der Waals surface area contributed by atoms with Gasteiger partial charge in [0.25, 0.3) is 5.29 Å². The van der Waals surface area contributed by atoms with Gasteiger partial charge in [0.15, 0.2) is 0 Å². The number of ether oxygens (including phenoxy) is 1. The van der Waals surface area contributed by atoms with E-state index in [1.807, 2.05) is 52.0 Å². The van der Waals surface area contributed by atoms with E-state index < -0.39 is 17.7 Å². The van der Waals surface area contributed by atoms with Gasteiger partial charge in [0.05, 0.1) is 12.0 Å². The summed E-state index contributed by atoms with van der Waals surface area (Å²) in [6.45, 7) is 9.12. The average molecular weight is 503 g/mol. The number of carbonyl (C=O) groups excluding carboxylic acids is 1. The summed E-state index contributed by atoms with van der Waals surface area (Å²) in [5.74, 6) is 0.741. The minimum absolute atomic E-state index is 0.0874. The number of nitrogens with zero attached hydrogens (tertiary/aromatic N) is 4. The number of halogens is 1. The molecule has 3 heterocycles. The van der Waals surface area contributed by atoms with Crippen LogP contribution in [0.15, 0.2) is 46.3 Å². The molecule has 2 atom stereocenters. The fraction of sp³-hybridized carbons (Fsp3) is 0.520. The van der Waals surface area contributed by atoms with Crippen LogP contribution in [-0.2, 0) is 9.53 Å². The predicted octanol–water partition coefficient (Wildman–Crippen LogP) is 3.12. The van der Waals surface area contributed by atoms with Crippen molar-refractivity contribution in [1.82, 2.24) is 9.80 Å². The summed E-state index contributed by atoms with van der Waals surface area (Å²) in [6.07, 6.45) is 2.60. The van der Waals surface area contributed by atoms with Gasteiger partial charge in [-0.1, -0.05) is 29.8 Å². The van der Waals surface area contributed by atoms with E-state index in [1.54, 1.807) is 6.20 Å². The molecule has 10 heteroatoms. The fourth-order valence-corrected chi connectivity index (χ4v) is 5.22. The van der Waals surface area contributed by atoms with Crippen molar-refractivity contribution in [3.63, 3.8) is 0 Å². The molecular formula is C25H33ClN5O4+. The maximum absolute atomic E-state index is 13.4. The molecule has 0 aliphatic carbocycles. The number of amides is 2. The second-order valence-electron chi connectivity index (χ2n) is 10.2. The zero-order chi connectivity index (χ0) is 25.3. The summed E-state index contributed by atoms with van der Waals surface area (Å²) in [5, 5.41) is 15.3. The number of hydrogen-bond acceptors (Lipinski definition) is 5. The Morgan fingerprint density at radius 2 is 2.06 bits per heavy atom. The van der Waals surface area contributed by atoms with Gasteiger partial charge in [-0.25, -0.2) is 4.79 Å². The van der Waals surface area contributed by atoms with Gasteiger partial charge < -0.3 is 9.84 Å². The molecule has 3 aliphatic heterocycles. The van der Waals surface area contributed by atoms with Crippen LogP contribution < -0.4 is 5.01 Å². The number of carbonyl (C=O) groups is 2. The van der Waals surface area contributed by atoms with E-state index in [1.165, 1.54) is 9.80 Å². The number of hydrogen-bond donors (Lipinski definition) is 2. The molecule has 4 rings (SSSR count). The Morgan fingerprint density at radius 3 is 2.69 bits per heavy atom. The highest BCUT2D eigenvalue weighted by molar-refractivity contribution is 6.66. The third kappa shape index (κ3) is 5.27. The van der Waals surface area contributed by atoms with Crippen molar-refractivity contribution < 1.29 is 24.4 Å². The van der Waals surface area contributed by atoms with Crippen molar-refractivity contribution in [1.29, 1.82) is 0 Å². The molecule has 188 valence electrons. The number of quaternary nitrogens is 1. The van der Waals surface area contributed by atoms with E-state index in [-0.39, 0.29) is 23.7 Å². The Hall–Kier alpha value is -2.75. The largest absolute Gasteiger partial charge is 0.465 e. The first-order valence-electron chi connectivity index (χ1n) is 12.0. The first kappa shape index (κ1) is 25.3. The molecule has 1 saturated heterocycles. The highest BCUT2D eigenvalue weighted by atomic mass is 35.5. The summed E-state index contributed by atoms with van der Waals surface area (Å²) in [5.41, 5.74) is 1.70. The summed E-state index contributed by atoms with van der Waals surface area (Å²) >= 11 is 6.53. The van der Waals surface area contributed by atoms with Gasteiger partial charge in [-0.2, -0.15) is 4.99 Å². The van der Waals surface area contributed by atoms with Crippen molar-refractivity contribution in [2.24, 2.45) is 16.0 Å². The van der Waals surface area contributed by atoms with E-state index in [0.29, 0.717) is 30.3 Å². The van der Waals surface area contributed by atoms with Gasteiger partial charge in [0.1, 0.15) is 6.20 Å². The molecule has 1 fully saturated rings. The lowest BCUT2D eigenvalue weighted by Crippen LogP contribution is -3.10. The molecule has 1 aromatic carbocycles. The van der Waals surface area contributed by atoms with Crippen LogP contribution in [0.3, 0.4) is 0 Å². The van der Waals surface area contributed by atoms with Crippen molar-refractivity contribution in [2.45, 2.75) is 58.5 Å². The Kier molecular flexibility index (Phi) is 7.30. The number of nitrogens with one attached hydrogen (secondary N) is 1. The SMILES string of the molecule is Cc1cccc(C(CCN2C(=O)C3=CN=C(C4CCOCC4)[NH+]3N=C2Cl)N(C(=O)O)C(C)(C)C)c1. The van der Waals surface area contributed by atoms with E-state index in [2.05, 4.69) is 10.1 Å². The lowest BCUT2D eigenvalue weighted by Gasteiger charge is -2.40. The number of aryl methyl sites for hydroxylation is 1. The Morgan fingerprint density at radius 1 is 1.34 bits per heavy atom. The molecule has 3 aliphatic rings. The molecule has 0 bridgehead atoms. The predicted molar refractivity (Wildman–Crippen MR) is 133 cm³/mol. The normalized spacial score (nSPS) is 21.7. The minimum Gasteiger partial charge on any atom is -0.465 e. The maximum atomic E-state index is 13.4. The highest BCUT2D eigenvalue weighted by Crippen LogP contribution is 2.32. The van der Waals surface area contributed by atoms with Crippen LogP contribution in [-0.4, -0.2) is 63.3 Å². The maximum Gasteiger partial charge on any atom is 0.408 e. The van der Waals surface area contributed by atoms with Gasteiger partial charge in [0, 0.05) is 25.3 Å². The smallest absolute Gasteiger partial charge is 0.408 e. The van der Waals surface area contributed by atoms with E-state index in [0.717, 1.165) is 29.8 Å². The van der Waals surface area contributed by atoms with E-state index >= 15 is 0 Å². The highest BCUT2D eigenvalue weighted by Gasteiger charge is 2.45. The Balaban J connectivity index is 1.57. The lowest BCUT2D eigenvalue weighted by atomic mass is 9.95. The zero-order valence-corrected chi connectivity index (χ0v) is 21.4. The third-order valence-electron chi connectivity index (χ3n) is 6.63. The first-order valence-corrected chi connectivity index (χ1v) is 12.3. The van der Waals surface area contributed by atoms with Crippen molar-refractivity contribution in [3.8, 4) is 0 Å². The quantitative estimate of drug-likeness (QED) is 0.584. The number of amidine groups is 2. The van der Waals surface area contributed by atoms with Gasteiger partial charge >= 0.3 is 12.0 Å². The van der Waals surface area contributed by atoms with Crippen molar-refractivity contribution >= 4 is 34.7 Å². The number of carboxylic acid groups (broad SMARTS) is 1. The molecular weight excluding hydrogens is 470 g/mol. The molecule has 35 heavy (non-hydrogen) atoms. The average Bonchev–Trinajstić information content (AvgIpc) is 3.21. The van der Waals surface area contributed by atoms with Crippen LogP contribution in [0, 0.1) is 12.8 Å². The molecule has 0 radical (unpaired) electrons. The number of fused-ring (bicyclic) bond motifs is 1. The number of rotatable bonds is 6. The molecule has 0 spiro atoms. The van der Waals surface area contributed by atoms with Crippen molar-refractivity contribution in [3.05, 3.63) is 47.3 Å². The van der Waals surface area contributed by atoms with Crippen LogP contribution >= 0.6 is 11.6 Å². The van der Waals surface area contributed by atoms with E-state index in [9.17, 15) is 14.7 Å². The van der Waals surface area contributed by atoms with Gasteiger partial charge in [-0.05, 0) is 69.2 Å². The topological polar surface area (TPSA) is 99.2 Å². The number of benzene rings is 1.